The van der Waals surface area contributed by atoms with Gasteiger partial charge in [0.05, 0.1) is 18.4 Å². The Morgan fingerprint density at radius 3 is 2.32 bits per heavy atom. The lowest BCUT2D eigenvalue weighted by atomic mass is 10.2. The van der Waals surface area contributed by atoms with E-state index in [0.717, 1.165) is 11.4 Å². The van der Waals surface area contributed by atoms with Gasteiger partial charge in [-0.05, 0) is 26.0 Å². The fourth-order valence-corrected chi connectivity index (χ4v) is 4.12. The second-order valence-corrected chi connectivity index (χ2v) is 7.17. The summed E-state index contributed by atoms with van der Waals surface area (Å²) in [6, 6.07) is 6.00. The maximum Gasteiger partial charge on any atom is 0.342 e. The van der Waals surface area contributed by atoms with Crippen molar-refractivity contribution in [1.82, 2.24) is 0 Å². The number of esters is 1. The molecule has 0 saturated heterocycles. The van der Waals surface area contributed by atoms with Gasteiger partial charge in [-0.25, -0.2) is 13.2 Å². The van der Waals surface area contributed by atoms with Crippen LogP contribution in [0.15, 0.2) is 33.6 Å². The molecule has 1 amide bonds. The van der Waals surface area contributed by atoms with Crippen molar-refractivity contribution in [2.45, 2.75) is 18.7 Å². The number of para-hydroxylation sites is 1. The number of sulfonamides is 1. The van der Waals surface area contributed by atoms with Gasteiger partial charge < -0.3 is 14.9 Å². The van der Waals surface area contributed by atoms with Crippen LogP contribution in [0.1, 0.15) is 32.2 Å². The van der Waals surface area contributed by atoms with Crippen molar-refractivity contribution in [2.75, 3.05) is 18.5 Å². The van der Waals surface area contributed by atoms with Crippen molar-refractivity contribution in [2.24, 2.45) is 5.73 Å². The van der Waals surface area contributed by atoms with Crippen LogP contribution >= 0.6 is 0 Å². The smallest absolute Gasteiger partial charge is 0.342 e. The number of hydrogen-bond acceptors (Lipinski definition) is 6. The minimum Gasteiger partial charge on any atom is -0.465 e. The number of ether oxygens (including phenoxy) is 1. The second-order valence-electron chi connectivity index (χ2n) is 5.26. The van der Waals surface area contributed by atoms with Crippen LogP contribution in [-0.2, 0) is 14.8 Å². The highest BCUT2D eigenvalue weighted by Crippen LogP contribution is 2.32. The molecule has 0 bridgehead atoms. The SMILES string of the molecule is COC(=O)c1c(C)oc(C)c1S(=O)(=O)N(C)c1ccccc1C(N)=O. The fourth-order valence-electron chi connectivity index (χ4n) is 2.54. The zero-order chi connectivity index (χ0) is 18.9. The highest BCUT2D eigenvalue weighted by molar-refractivity contribution is 7.93. The van der Waals surface area contributed by atoms with Gasteiger partial charge in [-0.15, -0.1) is 0 Å². The molecule has 1 heterocycles. The minimum atomic E-state index is -4.21. The van der Waals surface area contributed by atoms with Crippen LogP contribution in [0.4, 0.5) is 5.69 Å². The van der Waals surface area contributed by atoms with Gasteiger partial charge in [0.15, 0.2) is 0 Å². The van der Waals surface area contributed by atoms with Crippen LogP contribution in [0.5, 0.6) is 0 Å². The third-order valence-electron chi connectivity index (χ3n) is 3.72. The summed E-state index contributed by atoms with van der Waals surface area (Å²) in [5, 5.41) is 0. The molecule has 2 N–H and O–H groups in total. The topological polar surface area (TPSA) is 120 Å². The molecule has 0 saturated carbocycles. The maximum atomic E-state index is 13.1. The minimum absolute atomic E-state index is 0.0334. The molecular weight excluding hydrogens is 348 g/mol. The Labute approximate surface area is 145 Å². The normalized spacial score (nSPS) is 11.2. The van der Waals surface area contributed by atoms with Crippen molar-refractivity contribution in [3.63, 3.8) is 0 Å². The van der Waals surface area contributed by atoms with Crippen LogP contribution in [-0.4, -0.2) is 34.5 Å². The maximum absolute atomic E-state index is 13.1. The summed E-state index contributed by atoms with van der Waals surface area (Å²) in [7, 11) is -1.80. The highest BCUT2D eigenvalue weighted by Gasteiger charge is 2.35. The first kappa shape index (κ1) is 18.5. The van der Waals surface area contributed by atoms with Crippen molar-refractivity contribution in [1.29, 1.82) is 0 Å². The molecule has 0 fully saturated rings. The zero-order valence-electron chi connectivity index (χ0n) is 14.2. The van der Waals surface area contributed by atoms with Crippen LogP contribution in [0.25, 0.3) is 0 Å². The lowest BCUT2D eigenvalue weighted by Crippen LogP contribution is -2.30. The summed E-state index contributed by atoms with van der Waals surface area (Å²) in [6.45, 7) is 2.90. The molecule has 0 atom stereocenters. The van der Waals surface area contributed by atoms with Crippen molar-refractivity contribution < 1.29 is 27.2 Å². The summed E-state index contributed by atoms with van der Waals surface area (Å²) in [5.74, 6) is -1.43. The van der Waals surface area contributed by atoms with Crippen LogP contribution in [0.2, 0.25) is 0 Å². The van der Waals surface area contributed by atoms with Crippen molar-refractivity contribution in [3.05, 3.63) is 46.9 Å². The number of aryl methyl sites for hydroxylation is 2. The number of nitrogens with zero attached hydrogens (tertiary/aromatic N) is 1. The number of carbonyl (C=O) groups is 2. The van der Waals surface area contributed by atoms with Gasteiger partial charge in [-0.3, -0.25) is 9.10 Å². The van der Waals surface area contributed by atoms with Gasteiger partial charge in [0, 0.05) is 7.05 Å². The molecule has 9 heteroatoms. The zero-order valence-corrected chi connectivity index (χ0v) is 15.0. The van der Waals surface area contributed by atoms with Crippen LogP contribution < -0.4 is 10.0 Å². The van der Waals surface area contributed by atoms with E-state index < -0.39 is 21.9 Å². The Balaban J connectivity index is 2.69. The molecule has 134 valence electrons. The number of primary amides is 1. The molecule has 2 rings (SSSR count). The van der Waals surface area contributed by atoms with E-state index in [2.05, 4.69) is 4.74 Å². The molecule has 8 nitrogen and oxygen atoms in total. The lowest BCUT2D eigenvalue weighted by molar-refractivity contribution is 0.0594. The van der Waals surface area contributed by atoms with E-state index in [4.69, 9.17) is 10.2 Å². The van der Waals surface area contributed by atoms with Gasteiger partial charge in [0.25, 0.3) is 15.9 Å². The summed E-state index contributed by atoms with van der Waals surface area (Å²) >= 11 is 0. The molecule has 0 aliphatic heterocycles. The summed E-state index contributed by atoms with van der Waals surface area (Å²) < 4.78 is 37.0. The van der Waals surface area contributed by atoms with Gasteiger partial charge in [0.2, 0.25) is 0 Å². The molecule has 1 aromatic heterocycles. The predicted molar refractivity (Wildman–Crippen MR) is 90.1 cm³/mol. The average Bonchev–Trinajstić information content (AvgIpc) is 2.88. The number of anilines is 1. The van der Waals surface area contributed by atoms with E-state index in [0.29, 0.717) is 0 Å². The second kappa shape index (κ2) is 6.60. The third-order valence-corrected chi connectivity index (χ3v) is 5.65. The van der Waals surface area contributed by atoms with E-state index in [1.807, 2.05) is 0 Å². The number of benzene rings is 1. The Morgan fingerprint density at radius 2 is 1.76 bits per heavy atom. The van der Waals surface area contributed by atoms with Crippen LogP contribution in [0, 0.1) is 13.8 Å². The first-order valence-corrected chi connectivity index (χ1v) is 8.63. The van der Waals surface area contributed by atoms with E-state index >= 15 is 0 Å². The fraction of sp³-hybridized carbons (Fsp3) is 0.250. The Hall–Kier alpha value is -2.81. The van der Waals surface area contributed by atoms with E-state index in [-0.39, 0.29) is 33.2 Å². The standard InChI is InChI=1S/C16H18N2O6S/c1-9-13(16(20)23-4)14(10(2)24-9)25(21,22)18(3)12-8-6-5-7-11(12)15(17)19/h5-8H,1-4H3,(H2,17,19). The number of furan rings is 1. The molecule has 2 aromatic rings. The first-order chi connectivity index (χ1) is 11.6. The summed E-state index contributed by atoms with van der Waals surface area (Å²) in [5.41, 5.74) is 5.26. The number of nitrogens with two attached hydrogens (primary N) is 1. The monoisotopic (exact) mass is 366 g/mol. The molecular formula is C16H18N2O6S. The molecule has 25 heavy (non-hydrogen) atoms. The molecule has 0 radical (unpaired) electrons. The van der Waals surface area contributed by atoms with Gasteiger partial charge in [-0.2, -0.15) is 0 Å². The number of methoxy groups -OCH3 is 1. The van der Waals surface area contributed by atoms with E-state index in [1.54, 1.807) is 12.1 Å². The largest absolute Gasteiger partial charge is 0.465 e. The third kappa shape index (κ3) is 3.10. The molecule has 0 unspecified atom stereocenters. The number of amides is 1. The summed E-state index contributed by atoms with van der Waals surface area (Å²) in [4.78, 5) is 23.3. The Kier molecular flexibility index (Phi) is 4.89. The van der Waals surface area contributed by atoms with Crippen molar-refractivity contribution >= 4 is 27.6 Å². The lowest BCUT2D eigenvalue weighted by Gasteiger charge is -2.21. The Bertz CT molecular complexity index is 946. The quantitative estimate of drug-likeness (QED) is 0.803. The van der Waals surface area contributed by atoms with E-state index in [9.17, 15) is 18.0 Å². The number of rotatable bonds is 5. The molecule has 1 aromatic carbocycles. The van der Waals surface area contributed by atoms with Gasteiger partial charge in [0.1, 0.15) is 22.0 Å². The van der Waals surface area contributed by atoms with Gasteiger partial charge >= 0.3 is 5.97 Å². The molecule has 0 aliphatic rings. The average molecular weight is 366 g/mol. The van der Waals surface area contributed by atoms with Gasteiger partial charge in [-0.1, -0.05) is 12.1 Å². The Morgan fingerprint density at radius 1 is 1.16 bits per heavy atom. The predicted octanol–water partition coefficient (Wildman–Crippen LogP) is 1.61. The van der Waals surface area contributed by atoms with Crippen molar-refractivity contribution in [3.8, 4) is 0 Å². The summed E-state index contributed by atoms with van der Waals surface area (Å²) in [6.07, 6.45) is 0. The highest BCUT2D eigenvalue weighted by atomic mass is 32.2. The molecule has 0 aliphatic carbocycles. The van der Waals surface area contributed by atoms with E-state index in [1.165, 1.54) is 33.0 Å². The number of carbonyl (C=O) groups excluding carboxylic acids is 2. The first-order valence-electron chi connectivity index (χ1n) is 7.19. The molecule has 0 spiro atoms. The number of hydrogen-bond donors (Lipinski definition) is 1. The van der Waals surface area contributed by atoms with Crippen LogP contribution in [0.3, 0.4) is 0 Å².